The van der Waals surface area contributed by atoms with Crippen LogP contribution in [-0.4, -0.2) is 23.0 Å². The average Bonchev–Trinajstić information content (AvgIpc) is 2.26. The number of carboxylic acid groups (broad SMARTS) is 1. The quantitative estimate of drug-likeness (QED) is 0.881. The summed E-state index contributed by atoms with van der Waals surface area (Å²) in [5, 5.41) is 11.0. The number of hydrogen-bond donors (Lipinski definition) is 2. The van der Waals surface area contributed by atoms with Gasteiger partial charge in [-0.15, -0.1) is 0 Å². The van der Waals surface area contributed by atoms with Crippen LogP contribution in [0, 0.1) is 0 Å². The molecule has 19 heavy (non-hydrogen) atoms. The van der Waals surface area contributed by atoms with Crippen molar-refractivity contribution in [2.75, 3.05) is 0 Å². The molecule has 1 rings (SSSR count). The normalized spacial score (nSPS) is 12.8. The van der Waals surface area contributed by atoms with Crippen LogP contribution in [0.1, 0.15) is 18.1 Å². The zero-order valence-corrected chi connectivity index (χ0v) is 9.99. The summed E-state index contributed by atoms with van der Waals surface area (Å²) in [6, 6.07) is 3.29. The van der Waals surface area contributed by atoms with Crippen molar-refractivity contribution in [1.82, 2.24) is 5.32 Å². The molecule has 104 valence electrons. The van der Waals surface area contributed by atoms with Gasteiger partial charge < -0.3 is 10.4 Å². The van der Waals surface area contributed by atoms with Crippen LogP contribution in [0.25, 0.3) is 0 Å². The maximum atomic E-state index is 12.7. The van der Waals surface area contributed by atoms with Gasteiger partial charge in [-0.05, 0) is 11.6 Å². The van der Waals surface area contributed by atoms with E-state index in [1.54, 1.807) is 0 Å². The number of carboxylic acids is 1. The number of aliphatic carboxylic acids is 1. The van der Waals surface area contributed by atoms with Gasteiger partial charge >= 0.3 is 12.1 Å². The topological polar surface area (TPSA) is 66.4 Å². The third kappa shape index (κ3) is 4.27. The van der Waals surface area contributed by atoms with Gasteiger partial charge in [-0.1, -0.05) is 18.2 Å². The van der Waals surface area contributed by atoms with E-state index < -0.39 is 36.1 Å². The number of amides is 1. The van der Waals surface area contributed by atoms with E-state index in [0.29, 0.717) is 0 Å². The van der Waals surface area contributed by atoms with Crippen molar-refractivity contribution < 1.29 is 27.9 Å². The van der Waals surface area contributed by atoms with E-state index in [1.165, 1.54) is 18.2 Å². The predicted octanol–water partition coefficient (Wildman–Crippen LogP) is 1.84. The molecule has 2 N–H and O–H groups in total. The fourth-order valence-electron chi connectivity index (χ4n) is 1.64. The van der Waals surface area contributed by atoms with Crippen LogP contribution in [0.2, 0.25) is 0 Å². The lowest BCUT2D eigenvalue weighted by molar-refractivity contribution is -0.142. The molecule has 0 fully saturated rings. The second-order valence-corrected chi connectivity index (χ2v) is 3.95. The van der Waals surface area contributed by atoms with E-state index in [0.717, 1.165) is 13.0 Å². The molecule has 7 heteroatoms. The summed E-state index contributed by atoms with van der Waals surface area (Å²) in [7, 11) is 0. The van der Waals surface area contributed by atoms with Crippen molar-refractivity contribution in [3.05, 3.63) is 35.4 Å². The minimum absolute atomic E-state index is 0.170. The number of alkyl halides is 3. The number of hydrogen-bond acceptors (Lipinski definition) is 2. The van der Waals surface area contributed by atoms with Gasteiger partial charge in [-0.25, -0.2) is 4.79 Å². The van der Waals surface area contributed by atoms with Gasteiger partial charge in [-0.2, -0.15) is 13.2 Å². The second-order valence-electron chi connectivity index (χ2n) is 3.95. The number of carbonyl (C=O) groups excluding carboxylic acids is 1. The average molecular weight is 275 g/mol. The molecule has 0 spiro atoms. The Morgan fingerprint density at radius 1 is 1.32 bits per heavy atom. The van der Waals surface area contributed by atoms with E-state index in [2.05, 4.69) is 5.32 Å². The SMILES string of the molecule is CC(=O)N[C@H](Cc1ccccc1C(F)(F)F)C(=O)O. The monoisotopic (exact) mass is 275 g/mol. The largest absolute Gasteiger partial charge is 0.480 e. The molecule has 1 aromatic rings. The molecule has 0 heterocycles. The first-order chi connectivity index (χ1) is 8.71. The van der Waals surface area contributed by atoms with Gasteiger partial charge in [-0.3, -0.25) is 4.79 Å². The van der Waals surface area contributed by atoms with Gasteiger partial charge in [0.05, 0.1) is 5.56 Å². The van der Waals surface area contributed by atoms with Crippen LogP contribution in [0.3, 0.4) is 0 Å². The molecule has 0 aliphatic heterocycles. The van der Waals surface area contributed by atoms with Gasteiger partial charge in [0.1, 0.15) is 6.04 Å². The molecule has 0 aromatic heterocycles. The molecule has 0 aliphatic rings. The van der Waals surface area contributed by atoms with Crippen LogP contribution < -0.4 is 5.32 Å². The summed E-state index contributed by atoms with van der Waals surface area (Å²) in [5.41, 5.74) is -1.07. The van der Waals surface area contributed by atoms with Gasteiger partial charge in [0.25, 0.3) is 0 Å². The van der Waals surface area contributed by atoms with Crippen molar-refractivity contribution in [3.63, 3.8) is 0 Å². The Morgan fingerprint density at radius 3 is 2.37 bits per heavy atom. The van der Waals surface area contributed by atoms with Crippen LogP contribution in [-0.2, 0) is 22.2 Å². The van der Waals surface area contributed by atoms with Crippen molar-refractivity contribution >= 4 is 11.9 Å². The first-order valence-corrected chi connectivity index (χ1v) is 5.37. The molecule has 1 amide bonds. The lowest BCUT2D eigenvalue weighted by atomic mass is 10.00. The lowest BCUT2D eigenvalue weighted by Crippen LogP contribution is -2.41. The Bertz CT molecular complexity index is 485. The third-order valence-electron chi connectivity index (χ3n) is 2.42. The van der Waals surface area contributed by atoms with Crippen LogP contribution in [0.5, 0.6) is 0 Å². The van der Waals surface area contributed by atoms with Gasteiger partial charge in [0, 0.05) is 13.3 Å². The van der Waals surface area contributed by atoms with Crippen molar-refractivity contribution in [3.8, 4) is 0 Å². The van der Waals surface area contributed by atoms with E-state index in [-0.39, 0.29) is 5.56 Å². The molecule has 0 aliphatic carbocycles. The summed E-state index contributed by atoms with van der Waals surface area (Å²) >= 11 is 0. The molecule has 1 aromatic carbocycles. The summed E-state index contributed by atoms with van der Waals surface area (Å²) in [4.78, 5) is 21.7. The van der Waals surface area contributed by atoms with Crippen LogP contribution in [0.4, 0.5) is 13.2 Å². The molecular formula is C12H12F3NO3. The maximum Gasteiger partial charge on any atom is 0.416 e. The first-order valence-electron chi connectivity index (χ1n) is 5.37. The minimum Gasteiger partial charge on any atom is -0.480 e. The molecular weight excluding hydrogens is 263 g/mol. The standard InChI is InChI=1S/C12H12F3NO3/c1-7(17)16-10(11(18)19)6-8-4-2-3-5-9(8)12(13,14)15/h2-5,10H,6H2,1H3,(H,16,17)(H,18,19)/t10-/m1/s1. The third-order valence-corrected chi connectivity index (χ3v) is 2.42. The predicted molar refractivity (Wildman–Crippen MR) is 60.4 cm³/mol. The number of halogens is 3. The number of benzene rings is 1. The van der Waals surface area contributed by atoms with E-state index >= 15 is 0 Å². The molecule has 0 radical (unpaired) electrons. The van der Waals surface area contributed by atoms with Crippen molar-refractivity contribution in [2.45, 2.75) is 25.6 Å². The van der Waals surface area contributed by atoms with E-state index in [1.807, 2.05) is 0 Å². The highest BCUT2D eigenvalue weighted by atomic mass is 19.4. The number of carbonyl (C=O) groups is 2. The molecule has 0 unspecified atom stereocenters. The highest BCUT2D eigenvalue weighted by Gasteiger charge is 2.34. The number of rotatable bonds is 4. The zero-order valence-electron chi connectivity index (χ0n) is 9.99. The highest BCUT2D eigenvalue weighted by molar-refractivity contribution is 5.82. The fourth-order valence-corrected chi connectivity index (χ4v) is 1.64. The lowest BCUT2D eigenvalue weighted by Gasteiger charge is -2.17. The Balaban J connectivity index is 3.03. The van der Waals surface area contributed by atoms with Crippen molar-refractivity contribution in [2.24, 2.45) is 0 Å². The zero-order chi connectivity index (χ0) is 14.6. The Morgan fingerprint density at radius 2 is 1.89 bits per heavy atom. The fraction of sp³-hybridized carbons (Fsp3) is 0.333. The second kappa shape index (κ2) is 5.73. The maximum absolute atomic E-state index is 12.7. The summed E-state index contributed by atoms with van der Waals surface area (Å²) in [6.07, 6.45) is -4.99. The highest BCUT2D eigenvalue weighted by Crippen LogP contribution is 2.32. The summed E-state index contributed by atoms with van der Waals surface area (Å²) in [5.74, 6) is -2.00. The van der Waals surface area contributed by atoms with Crippen LogP contribution >= 0.6 is 0 Å². The Hall–Kier alpha value is -2.05. The van der Waals surface area contributed by atoms with E-state index in [9.17, 15) is 22.8 Å². The van der Waals surface area contributed by atoms with Crippen LogP contribution in [0.15, 0.2) is 24.3 Å². The first kappa shape index (κ1) is 15.0. The van der Waals surface area contributed by atoms with Crippen molar-refractivity contribution in [1.29, 1.82) is 0 Å². The molecule has 4 nitrogen and oxygen atoms in total. The molecule has 1 atom stereocenters. The molecule has 0 saturated carbocycles. The molecule has 0 saturated heterocycles. The van der Waals surface area contributed by atoms with E-state index in [4.69, 9.17) is 5.11 Å². The number of nitrogens with one attached hydrogen (secondary N) is 1. The molecule has 0 bridgehead atoms. The minimum atomic E-state index is -4.56. The Labute approximate surface area is 107 Å². The summed E-state index contributed by atoms with van der Waals surface area (Å²) < 4.78 is 38.2. The van der Waals surface area contributed by atoms with Gasteiger partial charge in [0.15, 0.2) is 0 Å². The van der Waals surface area contributed by atoms with Gasteiger partial charge in [0.2, 0.25) is 5.91 Å². The Kier molecular flexibility index (Phi) is 4.52. The summed E-state index contributed by atoms with van der Waals surface area (Å²) in [6.45, 7) is 1.10. The smallest absolute Gasteiger partial charge is 0.416 e.